The molecule has 1 saturated carbocycles. The molecule has 1 fully saturated rings. The Balaban J connectivity index is 1.59. The summed E-state index contributed by atoms with van der Waals surface area (Å²) >= 11 is 0. The van der Waals surface area contributed by atoms with Gasteiger partial charge in [0, 0.05) is 29.0 Å². The molecule has 2 aromatic carbocycles. The molecule has 7 heteroatoms. The third-order valence-corrected chi connectivity index (χ3v) is 5.35. The molecule has 0 spiro atoms. The van der Waals surface area contributed by atoms with Gasteiger partial charge in [-0.1, -0.05) is 42.5 Å². The van der Waals surface area contributed by atoms with Crippen molar-refractivity contribution in [1.82, 2.24) is 19.8 Å². The van der Waals surface area contributed by atoms with Crippen LogP contribution in [0.5, 0.6) is 0 Å². The minimum Gasteiger partial charge on any atom is -0.333 e. The lowest BCUT2D eigenvalue weighted by Gasteiger charge is -2.28. The summed E-state index contributed by atoms with van der Waals surface area (Å²) in [6.45, 7) is 7.80. The van der Waals surface area contributed by atoms with Gasteiger partial charge in [0.15, 0.2) is 0 Å². The van der Waals surface area contributed by atoms with Crippen molar-refractivity contribution >= 4 is 17.9 Å². The average Bonchev–Trinajstić information content (AvgIpc) is 3.51. The van der Waals surface area contributed by atoms with Crippen LogP contribution in [0, 0.1) is 6.92 Å². The number of hydrogen-bond donors (Lipinski definition) is 2. The van der Waals surface area contributed by atoms with Crippen LogP contribution in [0.4, 0.5) is 10.7 Å². The van der Waals surface area contributed by atoms with Crippen LogP contribution in [-0.2, 0) is 4.79 Å². The van der Waals surface area contributed by atoms with Gasteiger partial charge < -0.3 is 10.2 Å². The van der Waals surface area contributed by atoms with E-state index < -0.39 is 0 Å². The van der Waals surface area contributed by atoms with Gasteiger partial charge in [-0.3, -0.25) is 14.7 Å². The first-order valence-electron chi connectivity index (χ1n) is 11.3. The standard InChI is InChI=1S/C26H31N5O2/c1-18-9-8-12-21(15-18)30-16-22(19-10-6-5-7-11-19)27-24(30)28-23(32)17-31(20-13-14-20)25(33)29-26(2,3)4/h5-12,15-16,20H,13-14,17H2,1-4H3,(H,29,33)(H,27,28,32). The first-order valence-corrected chi connectivity index (χ1v) is 11.3. The van der Waals surface area contributed by atoms with Crippen LogP contribution in [0.15, 0.2) is 60.8 Å². The van der Waals surface area contributed by atoms with Crippen LogP contribution in [0.25, 0.3) is 16.9 Å². The minimum absolute atomic E-state index is 0.0199. The molecular weight excluding hydrogens is 414 g/mol. The van der Waals surface area contributed by atoms with Crippen LogP contribution in [0.2, 0.25) is 0 Å². The zero-order valence-corrected chi connectivity index (χ0v) is 19.6. The number of hydrogen-bond acceptors (Lipinski definition) is 3. The molecule has 1 aromatic heterocycles. The van der Waals surface area contributed by atoms with Gasteiger partial charge in [-0.25, -0.2) is 9.78 Å². The molecular formula is C26H31N5O2. The van der Waals surface area contributed by atoms with E-state index in [1.165, 1.54) is 0 Å². The number of urea groups is 1. The van der Waals surface area contributed by atoms with E-state index >= 15 is 0 Å². The highest BCUT2D eigenvalue weighted by Gasteiger charge is 2.35. The fourth-order valence-electron chi connectivity index (χ4n) is 3.66. The summed E-state index contributed by atoms with van der Waals surface area (Å²) in [5.41, 5.74) is 3.37. The zero-order valence-electron chi connectivity index (χ0n) is 19.6. The molecule has 2 N–H and O–H groups in total. The summed E-state index contributed by atoms with van der Waals surface area (Å²) in [4.78, 5) is 32.1. The lowest BCUT2D eigenvalue weighted by molar-refractivity contribution is -0.117. The molecule has 0 atom stereocenters. The zero-order chi connectivity index (χ0) is 23.6. The fraction of sp³-hybridized carbons (Fsp3) is 0.346. The van der Waals surface area contributed by atoms with Crippen molar-refractivity contribution < 1.29 is 9.59 Å². The molecule has 1 heterocycles. The molecule has 7 nitrogen and oxygen atoms in total. The molecule has 4 rings (SSSR count). The van der Waals surface area contributed by atoms with Crippen molar-refractivity contribution in [1.29, 1.82) is 0 Å². The first kappa shape index (κ1) is 22.6. The van der Waals surface area contributed by atoms with Crippen molar-refractivity contribution in [2.45, 2.75) is 52.1 Å². The van der Waals surface area contributed by atoms with E-state index in [0.29, 0.717) is 5.95 Å². The van der Waals surface area contributed by atoms with Gasteiger partial charge in [0.25, 0.3) is 0 Å². The smallest absolute Gasteiger partial charge is 0.318 e. The summed E-state index contributed by atoms with van der Waals surface area (Å²) in [6.07, 6.45) is 3.76. The Labute approximate surface area is 194 Å². The molecule has 1 aliphatic carbocycles. The van der Waals surface area contributed by atoms with E-state index in [0.717, 1.165) is 35.3 Å². The van der Waals surface area contributed by atoms with Gasteiger partial charge in [-0.15, -0.1) is 0 Å². The highest BCUT2D eigenvalue weighted by Crippen LogP contribution is 2.28. The Morgan fingerprint density at radius 2 is 1.82 bits per heavy atom. The average molecular weight is 446 g/mol. The van der Waals surface area contributed by atoms with Gasteiger partial charge in [-0.05, 0) is 58.2 Å². The van der Waals surface area contributed by atoms with Crippen LogP contribution in [0.3, 0.4) is 0 Å². The maximum Gasteiger partial charge on any atom is 0.318 e. The van der Waals surface area contributed by atoms with E-state index in [9.17, 15) is 9.59 Å². The maximum absolute atomic E-state index is 13.0. The maximum atomic E-state index is 13.0. The number of carbonyl (C=O) groups is 2. The highest BCUT2D eigenvalue weighted by molar-refractivity contribution is 5.94. The number of anilines is 1. The fourth-order valence-corrected chi connectivity index (χ4v) is 3.66. The Bertz CT molecular complexity index is 1140. The van der Waals surface area contributed by atoms with E-state index in [1.54, 1.807) is 4.90 Å². The number of imidazole rings is 1. The van der Waals surface area contributed by atoms with E-state index in [-0.39, 0.29) is 30.1 Å². The molecule has 0 bridgehead atoms. The molecule has 1 aliphatic rings. The summed E-state index contributed by atoms with van der Waals surface area (Å²) in [7, 11) is 0. The third-order valence-electron chi connectivity index (χ3n) is 5.35. The second-order valence-electron chi connectivity index (χ2n) is 9.61. The van der Waals surface area contributed by atoms with E-state index in [4.69, 9.17) is 4.98 Å². The molecule has 3 aromatic rings. The number of rotatable bonds is 6. The Kier molecular flexibility index (Phi) is 6.22. The highest BCUT2D eigenvalue weighted by atomic mass is 16.2. The van der Waals surface area contributed by atoms with Gasteiger partial charge in [0.2, 0.25) is 11.9 Å². The lowest BCUT2D eigenvalue weighted by Crippen LogP contribution is -2.51. The number of amides is 3. The summed E-state index contributed by atoms with van der Waals surface area (Å²) < 4.78 is 1.88. The second kappa shape index (κ2) is 9.10. The number of nitrogens with one attached hydrogen (secondary N) is 2. The molecule has 0 unspecified atom stereocenters. The van der Waals surface area contributed by atoms with Gasteiger partial charge in [-0.2, -0.15) is 0 Å². The van der Waals surface area contributed by atoms with E-state index in [2.05, 4.69) is 10.6 Å². The summed E-state index contributed by atoms with van der Waals surface area (Å²) in [5.74, 6) is 0.154. The van der Waals surface area contributed by atoms with Crippen LogP contribution in [-0.4, -0.2) is 44.5 Å². The SMILES string of the molecule is Cc1cccc(-n2cc(-c3ccccc3)nc2NC(=O)CN(C(=O)NC(C)(C)C)C2CC2)c1. The number of nitrogens with zero attached hydrogens (tertiary/aromatic N) is 3. The Morgan fingerprint density at radius 3 is 2.45 bits per heavy atom. The van der Waals surface area contributed by atoms with Crippen molar-refractivity contribution in [3.8, 4) is 16.9 Å². The molecule has 0 saturated heterocycles. The van der Waals surface area contributed by atoms with E-state index in [1.807, 2.05) is 93.1 Å². The number of carbonyl (C=O) groups excluding carboxylic acids is 2. The van der Waals surface area contributed by atoms with Gasteiger partial charge in [0.1, 0.15) is 6.54 Å². The van der Waals surface area contributed by atoms with Crippen LogP contribution < -0.4 is 10.6 Å². The second-order valence-corrected chi connectivity index (χ2v) is 9.61. The van der Waals surface area contributed by atoms with Gasteiger partial charge >= 0.3 is 6.03 Å². The van der Waals surface area contributed by atoms with Crippen molar-refractivity contribution in [3.63, 3.8) is 0 Å². The quantitative estimate of drug-likeness (QED) is 0.574. The summed E-state index contributed by atoms with van der Waals surface area (Å²) in [6, 6.07) is 17.8. The molecule has 33 heavy (non-hydrogen) atoms. The summed E-state index contributed by atoms with van der Waals surface area (Å²) in [5, 5.41) is 5.91. The predicted molar refractivity (Wildman–Crippen MR) is 130 cm³/mol. The molecule has 3 amide bonds. The van der Waals surface area contributed by atoms with Crippen molar-refractivity contribution in [2.75, 3.05) is 11.9 Å². The molecule has 0 aliphatic heterocycles. The predicted octanol–water partition coefficient (Wildman–Crippen LogP) is 4.76. The Hall–Kier alpha value is -3.61. The minimum atomic E-state index is -0.368. The number of aryl methyl sites for hydroxylation is 1. The normalized spacial score (nSPS) is 13.5. The number of benzene rings is 2. The number of aromatic nitrogens is 2. The van der Waals surface area contributed by atoms with Gasteiger partial charge in [0.05, 0.1) is 5.69 Å². The first-order chi connectivity index (χ1) is 15.7. The Morgan fingerprint density at radius 1 is 1.09 bits per heavy atom. The largest absolute Gasteiger partial charge is 0.333 e. The topological polar surface area (TPSA) is 79.3 Å². The monoisotopic (exact) mass is 445 g/mol. The van der Waals surface area contributed by atoms with Crippen molar-refractivity contribution in [3.05, 3.63) is 66.4 Å². The molecule has 0 radical (unpaired) electrons. The van der Waals surface area contributed by atoms with Crippen LogP contribution >= 0.6 is 0 Å². The lowest BCUT2D eigenvalue weighted by atomic mass is 10.1. The molecule has 172 valence electrons. The van der Waals surface area contributed by atoms with Crippen LogP contribution in [0.1, 0.15) is 39.2 Å². The third kappa shape index (κ3) is 5.80. The van der Waals surface area contributed by atoms with Crippen molar-refractivity contribution in [2.24, 2.45) is 0 Å².